The van der Waals surface area contributed by atoms with E-state index >= 15 is 0 Å². The molecule has 0 fully saturated rings. The van der Waals surface area contributed by atoms with Gasteiger partial charge in [-0.1, -0.05) is 36.4 Å². The summed E-state index contributed by atoms with van der Waals surface area (Å²) in [5.74, 6) is 0.375. The number of hydrogen-bond donors (Lipinski definition) is 1. The molecular weight excluding hydrogens is 212 g/mol. The molecule has 2 atom stereocenters. The fourth-order valence-electron chi connectivity index (χ4n) is 2.27. The van der Waals surface area contributed by atoms with Crippen LogP contribution in [0.15, 0.2) is 42.5 Å². The first-order valence-electron chi connectivity index (χ1n) is 6.18. The van der Waals surface area contributed by atoms with Gasteiger partial charge in [0, 0.05) is 0 Å². The maximum absolute atomic E-state index is 11.3. The van der Waals surface area contributed by atoms with Gasteiger partial charge in [0.2, 0.25) is 0 Å². The minimum absolute atomic E-state index is 0.150. The SMILES string of the molecule is O=C1C=CCC(Cc2ccccc2)CCC1O. The van der Waals surface area contributed by atoms with Crippen molar-refractivity contribution in [1.82, 2.24) is 0 Å². The number of carbonyl (C=O) groups excluding carboxylic acids is 1. The van der Waals surface area contributed by atoms with Crippen LogP contribution < -0.4 is 0 Å². The molecule has 0 amide bonds. The summed E-state index contributed by atoms with van der Waals surface area (Å²) in [5, 5.41) is 9.57. The van der Waals surface area contributed by atoms with E-state index in [0.717, 1.165) is 19.3 Å². The van der Waals surface area contributed by atoms with Crippen LogP contribution in [-0.4, -0.2) is 17.0 Å². The normalized spacial score (nSPS) is 25.4. The van der Waals surface area contributed by atoms with Gasteiger partial charge in [-0.15, -0.1) is 0 Å². The number of rotatable bonds is 2. The van der Waals surface area contributed by atoms with Crippen molar-refractivity contribution in [2.45, 2.75) is 31.8 Å². The first-order valence-corrected chi connectivity index (χ1v) is 6.18. The second-order valence-corrected chi connectivity index (χ2v) is 4.69. The Kier molecular flexibility index (Phi) is 4.10. The van der Waals surface area contributed by atoms with Crippen LogP contribution in [0.5, 0.6) is 0 Å². The van der Waals surface area contributed by atoms with E-state index < -0.39 is 6.10 Å². The summed E-state index contributed by atoms with van der Waals surface area (Å²) in [6.07, 6.45) is 6.07. The summed E-state index contributed by atoms with van der Waals surface area (Å²) in [4.78, 5) is 11.3. The lowest BCUT2D eigenvalue weighted by atomic mass is 9.88. The van der Waals surface area contributed by atoms with Crippen LogP contribution in [0, 0.1) is 5.92 Å². The molecule has 17 heavy (non-hydrogen) atoms. The van der Waals surface area contributed by atoms with Gasteiger partial charge in [-0.25, -0.2) is 0 Å². The van der Waals surface area contributed by atoms with E-state index in [1.54, 1.807) is 0 Å². The van der Waals surface area contributed by atoms with Crippen LogP contribution in [0.25, 0.3) is 0 Å². The fraction of sp³-hybridized carbons (Fsp3) is 0.400. The highest BCUT2D eigenvalue weighted by molar-refractivity contribution is 5.93. The minimum atomic E-state index is -0.801. The van der Waals surface area contributed by atoms with Crippen molar-refractivity contribution in [2.75, 3.05) is 0 Å². The van der Waals surface area contributed by atoms with Gasteiger partial charge in [0.05, 0.1) is 0 Å². The van der Waals surface area contributed by atoms with E-state index in [0.29, 0.717) is 12.3 Å². The second kappa shape index (κ2) is 5.78. The molecular formula is C15H18O2. The minimum Gasteiger partial charge on any atom is -0.385 e. The monoisotopic (exact) mass is 230 g/mol. The highest BCUT2D eigenvalue weighted by Crippen LogP contribution is 2.21. The van der Waals surface area contributed by atoms with Gasteiger partial charge in [-0.2, -0.15) is 0 Å². The Labute approximate surface area is 102 Å². The predicted molar refractivity (Wildman–Crippen MR) is 67.6 cm³/mol. The number of ketones is 1. The maximum Gasteiger partial charge on any atom is 0.183 e. The third-order valence-corrected chi connectivity index (χ3v) is 3.30. The van der Waals surface area contributed by atoms with Gasteiger partial charge in [0.1, 0.15) is 6.10 Å². The fourth-order valence-corrected chi connectivity index (χ4v) is 2.27. The lowest BCUT2D eigenvalue weighted by molar-refractivity contribution is -0.122. The van der Waals surface area contributed by atoms with Gasteiger partial charge in [-0.3, -0.25) is 4.79 Å². The summed E-state index contributed by atoms with van der Waals surface area (Å²) >= 11 is 0. The molecule has 0 spiro atoms. The Morgan fingerprint density at radius 3 is 2.71 bits per heavy atom. The Balaban J connectivity index is 1.98. The van der Waals surface area contributed by atoms with E-state index in [2.05, 4.69) is 12.1 Å². The molecule has 2 heteroatoms. The first kappa shape index (κ1) is 12.1. The molecule has 0 radical (unpaired) electrons. The molecule has 1 aromatic rings. The van der Waals surface area contributed by atoms with Crippen LogP contribution in [0.3, 0.4) is 0 Å². The molecule has 1 aliphatic rings. The topological polar surface area (TPSA) is 37.3 Å². The number of aliphatic hydroxyl groups is 1. The first-order chi connectivity index (χ1) is 8.25. The summed E-state index contributed by atoms with van der Waals surface area (Å²) < 4.78 is 0. The molecule has 0 saturated carbocycles. The Morgan fingerprint density at radius 2 is 1.94 bits per heavy atom. The molecule has 0 bridgehead atoms. The zero-order valence-electron chi connectivity index (χ0n) is 9.88. The largest absolute Gasteiger partial charge is 0.385 e. The van der Waals surface area contributed by atoms with E-state index in [4.69, 9.17) is 0 Å². The van der Waals surface area contributed by atoms with Crippen molar-refractivity contribution >= 4 is 5.78 Å². The summed E-state index contributed by atoms with van der Waals surface area (Å²) in [7, 11) is 0. The number of aliphatic hydroxyl groups excluding tert-OH is 1. The zero-order chi connectivity index (χ0) is 12.1. The highest BCUT2D eigenvalue weighted by Gasteiger charge is 2.18. The van der Waals surface area contributed by atoms with Crippen molar-refractivity contribution in [3.8, 4) is 0 Å². The quantitative estimate of drug-likeness (QED) is 0.847. The molecule has 0 aliphatic heterocycles. The van der Waals surface area contributed by atoms with Crippen LogP contribution in [0.1, 0.15) is 24.8 Å². The lowest BCUT2D eigenvalue weighted by Gasteiger charge is -2.18. The van der Waals surface area contributed by atoms with Crippen LogP contribution >= 0.6 is 0 Å². The molecule has 0 heterocycles. The molecule has 90 valence electrons. The van der Waals surface area contributed by atoms with Crippen molar-refractivity contribution in [1.29, 1.82) is 0 Å². The molecule has 2 unspecified atom stereocenters. The lowest BCUT2D eigenvalue weighted by Crippen LogP contribution is -2.21. The van der Waals surface area contributed by atoms with E-state index in [-0.39, 0.29) is 5.78 Å². The standard InChI is InChI=1S/C15H18O2/c16-14-8-4-7-13(9-10-15(14)17)11-12-5-2-1-3-6-12/h1-6,8,13,15,17H,7,9-11H2. The number of hydrogen-bond acceptors (Lipinski definition) is 2. The summed E-state index contributed by atoms with van der Waals surface area (Å²) in [6.45, 7) is 0. The van der Waals surface area contributed by atoms with Gasteiger partial charge < -0.3 is 5.11 Å². The summed E-state index contributed by atoms with van der Waals surface area (Å²) in [6, 6.07) is 10.4. The van der Waals surface area contributed by atoms with Crippen molar-refractivity contribution in [2.24, 2.45) is 5.92 Å². The van der Waals surface area contributed by atoms with E-state index in [1.165, 1.54) is 11.6 Å². The molecule has 0 aromatic heterocycles. The van der Waals surface area contributed by atoms with Crippen LogP contribution in [-0.2, 0) is 11.2 Å². The van der Waals surface area contributed by atoms with Crippen molar-refractivity contribution in [3.63, 3.8) is 0 Å². The Hall–Kier alpha value is -1.41. The van der Waals surface area contributed by atoms with Gasteiger partial charge in [0.15, 0.2) is 5.78 Å². The molecule has 1 aliphatic carbocycles. The number of benzene rings is 1. The third-order valence-electron chi connectivity index (χ3n) is 3.30. The molecule has 1 aromatic carbocycles. The summed E-state index contributed by atoms with van der Waals surface area (Å²) in [5.41, 5.74) is 1.33. The molecule has 1 N–H and O–H groups in total. The second-order valence-electron chi connectivity index (χ2n) is 4.69. The number of carbonyl (C=O) groups is 1. The van der Waals surface area contributed by atoms with Crippen molar-refractivity contribution < 1.29 is 9.90 Å². The van der Waals surface area contributed by atoms with Gasteiger partial charge in [0.25, 0.3) is 0 Å². The van der Waals surface area contributed by atoms with Crippen LogP contribution in [0.4, 0.5) is 0 Å². The predicted octanol–water partition coefficient (Wildman–Crippen LogP) is 2.52. The van der Waals surface area contributed by atoms with E-state index in [1.807, 2.05) is 24.3 Å². The molecule has 0 saturated heterocycles. The smallest absolute Gasteiger partial charge is 0.183 e. The maximum atomic E-state index is 11.3. The highest BCUT2D eigenvalue weighted by atomic mass is 16.3. The molecule has 2 rings (SSSR count). The van der Waals surface area contributed by atoms with Gasteiger partial charge >= 0.3 is 0 Å². The zero-order valence-corrected chi connectivity index (χ0v) is 9.88. The third kappa shape index (κ3) is 3.53. The average molecular weight is 230 g/mol. The Bertz CT molecular complexity index is 395. The van der Waals surface area contributed by atoms with Gasteiger partial charge in [-0.05, 0) is 43.2 Å². The average Bonchev–Trinajstić information content (AvgIpc) is 2.35. The van der Waals surface area contributed by atoms with Crippen LogP contribution in [0.2, 0.25) is 0 Å². The van der Waals surface area contributed by atoms with E-state index in [9.17, 15) is 9.90 Å². The Morgan fingerprint density at radius 1 is 1.18 bits per heavy atom. The number of allylic oxidation sites excluding steroid dienone is 1. The molecule has 2 nitrogen and oxygen atoms in total. The van der Waals surface area contributed by atoms with Crippen molar-refractivity contribution in [3.05, 3.63) is 48.0 Å².